The number of carboxylic acid groups (broad SMARTS) is 1. The molecule has 3 heterocycles. The minimum absolute atomic E-state index is 0.0262. The topological polar surface area (TPSA) is 109 Å². The van der Waals surface area contributed by atoms with Gasteiger partial charge in [0.2, 0.25) is 5.91 Å². The second-order valence-electron chi connectivity index (χ2n) is 4.20. The van der Waals surface area contributed by atoms with E-state index < -0.39 is 12.0 Å². The molecule has 2 atom stereocenters. The molecule has 1 saturated heterocycles. The van der Waals surface area contributed by atoms with Crippen molar-refractivity contribution in [2.45, 2.75) is 22.7 Å². The van der Waals surface area contributed by atoms with Crippen LogP contribution < -0.4 is 5.73 Å². The molecule has 3 N–H and O–H groups in total. The molecule has 106 valence electrons. The number of fused-ring (bicyclic) bond motifs is 1. The van der Waals surface area contributed by atoms with Gasteiger partial charge in [0.1, 0.15) is 22.1 Å². The molecule has 2 aliphatic heterocycles. The molecule has 0 aromatic carbocycles. The fourth-order valence-electron chi connectivity index (χ4n) is 1.99. The Morgan fingerprint density at radius 1 is 1.55 bits per heavy atom. The number of aromatic nitrogens is 2. The summed E-state index contributed by atoms with van der Waals surface area (Å²) in [6.45, 7) is 1.83. The number of hydrogen-bond donors (Lipinski definition) is 2. The van der Waals surface area contributed by atoms with Crippen LogP contribution in [0.4, 0.5) is 0 Å². The highest BCUT2D eigenvalue weighted by Gasteiger charge is 2.51. The van der Waals surface area contributed by atoms with Crippen LogP contribution in [0.25, 0.3) is 0 Å². The summed E-state index contributed by atoms with van der Waals surface area (Å²) in [5, 5.41) is 17.8. The van der Waals surface area contributed by atoms with Gasteiger partial charge in [0, 0.05) is 10.7 Å². The maximum absolute atomic E-state index is 11.8. The first-order valence-corrected chi connectivity index (χ1v) is 8.32. The van der Waals surface area contributed by atoms with E-state index in [2.05, 4.69) is 10.2 Å². The van der Waals surface area contributed by atoms with Crippen molar-refractivity contribution in [3.8, 4) is 0 Å². The number of aliphatic carboxylic acids is 1. The number of β-lactam (4-membered cyclic amide) rings is 1. The zero-order valence-corrected chi connectivity index (χ0v) is 12.7. The van der Waals surface area contributed by atoms with E-state index in [-0.39, 0.29) is 17.0 Å². The van der Waals surface area contributed by atoms with Gasteiger partial charge in [-0.15, -0.1) is 22.0 Å². The van der Waals surface area contributed by atoms with Crippen molar-refractivity contribution in [2.75, 3.05) is 5.75 Å². The average molecular weight is 330 g/mol. The Morgan fingerprint density at radius 3 is 2.90 bits per heavy atom. The van der Waals surface area contributed by atoms with E-state index in [0.29, 0.717) is 15.0 Å². The van der Waals surface area contributed by atoms with Gasteiger partial charge in [-0.05, 0) is 6.92 Å². The largest absolute Gasteiger partial charge is 0.477 e. The molecule has 0 unspecified atom stereocenters. The molecular formula is C10H10N4O3S3. The van der Waals surface area contributed by atoms with Crippen LogP contribution in [-0.2, 0) is 9.59 Å². The van der Waals surface area contributed by atoms with Crippen LogP contribution in [-0.4, -0.2) is 49.2 Å². The van der Waals surface area contributed by atoms with Gasteiger partial charge < -0.3 is 10.8 Å². The van der Waals surface area contributed by atoms with Crippen molar-refractivity contribution in [2.24, 2.45) is 5.73 Å². The first kappa shape index (κ1) is 13.9. The van der Waals surface area contributed by atoms with E-state index in [1.807, 2.05) is 6.92 Å². The molecule has 1 fully saturated rings. The molecule has 10 heteroatoms. The third kappa shape index (κ3) is 2.12. The molecule has 0 radical (unpaired) electrons. The molecule has 7 nitrogen and oxygen atoms in total. The van der Waals surface area contributed by atoms with E-state index in [4.69, 9.17) is 5.73 Å². The minimum Gasteiger partial charge on any atom is -0.477 e. The lowest BCUT2D eigenvalue weighted by atomic mass is 10.1. The zero-order chi connectivity index (χ0) is 14.4. The fourth-order valence-corrected chi connectivity index (χ4v) is 5.39. The fraction of sp³-hybridized carbons (Fsp3) is 0.400. The number of carboxylic acids is 1. The Kier molecular flexibility index (Phi) is 3.48. The van der Waals surface area contributed by atoms with Crippen LogP contribution in [0.5, 0.6) is 0 Å². The average Bonchev–Trinajstić information content (AvgIpc) is 2.82. The van der Waals surface area contributed by atoms with Gasteiger partial charge in [0.15, 0.2) is 4.34 Å². The summed E-state index contributed by atoms with van der Waals surface area (Å²) in [6, 6.07) is -0.607. The summed E-state index contributed by atoms with van der Waals surface area (Å²) < 4.78 is 0.674. The van der Waals surface area contributed by atoms with Crippen molar-refractivity contribution < 1.29 is 14.7 Å². The normalized spacial score (nSPS) is 25.5. The zero-order valence-electron chi connectivity index (χ0n) is 10.3. The SMILES string of the molecule is Cc1nnc(SC2=C(C(=O)O)N3C(=O)[C@@H](N)[C@@H]3SC2)s1. The number of carbonyl (C=O) groups is 2. The summed E-state index contributed by atoms with van der Waals surface area (Å²) in [4.78, 5) is 25.1. The van der Waals surface area contributed by atoms with Crippen LogP contribution >= 0.6 is 34.9 Å². The van der Waals surface area contributed by atoms with Crippen LogP contribution in [0, 0.1) is 6.92 Å². The summed E-state index contributed by atoms with van der Waals surface area (Å²) in [5.41, 5.74) is 5.71. The van der Waals surface area contributed by atoms with Crippen molar-refractivity contribution in [3.05, 3.63) is 15.6 Å². The van der Waals surface area contributed by atoms with Gasteiger partial charge >= 0.3 is 5.97 Å². The lowest BCUT2D eigenvalue weighted by Crippen LogP contribution is -2.68. The van der Waals surface area contributed by atoms with Crippen molar-refractivity contribution in [1.82, 2.24) is 15.1 Å². The Labute approximate surface area is 126 Å². The first-order chi connectivity index (χ1) is 9.49. The molecule has 0 saturated carbocycles. The molecule has 0 spiro atoms. The number of aryl methyl sites for hydroxylation is 1. The molecule has 0 aliphatic carbocycles. The number of hydrogen-bond acceptors (Lipinski definition) is 8. The summed E-state index contributed by atoms with van der Waals surface area (Å²) in [5.74, 6) is -0.946. The van der Waals surface area contributed by atoms with Crippen LogP contribution in [0.15, 0.2) is 14.9 Å². The monoisotopic (exact) mass is 330 g/mol. The Balaban J connectivity index is 1.94. The van der Waals surface area contributed by atoms with E-state index in [0.717, 1.165) is 5.01 Å². The lowest BCUT2D eigenvalue weighted by Gasteiger charge is -2.47. The minimum atomic E-state index is -1.11. The number of nitrogens with zero attached hydrogens (tertiary/aromatic N) is 3. The van der Waals surface area contributed by atoms with E-state index in [1.165, 1.54) is 39.8 Å². The standard InChI is InChI=1S/C10H10N4O3S3/c1-3-12-13-10(19-3)20-4-2-18-8-5(11)7(15)14(8)6(4)9(16)17/h5,8H,2,11H2,1H3,(H,16,17)/t5-,8+/m1/s1. The van der Waals surface area contributed by atoms with Gasteiger partial charge in [-0.25, -0.2) is 4.79 Å². The molecule has 3 rings (SSSR count). The molecule has 1 aromatic rings. The smallest absolute Gasteiger partial charge is 0.353 e. The van der Waals surface area contributed by atoms with Gasteiger partial charge in [-0.3, -0.25) is 9.69 Å². The van der Waals surface area contributed by atoms with Crippen molar-refractivity contribution in [1.29, 1.82) is 0 Å². The van der Waals surface area contributed by atoms with Gasteiger partial charge in [-0.1, -0.05) is 23.1 Å². The second-order valence-corrected chi connectivity index (χ2v) is 7.83. The Bertz CT molecular complexity index is 629. The van der Waals surface area contributed by atoms with E-state index in [1.54, 1.807) is 0 Å². The maximum atomic E-state index is 11.8. The summed E-state index contributed by atoms with van der Waals surface area (Å²) in [7, 11) is 0. The second kappa shape index (κ2) is 5.02. The third-order valence-corrected chi connectivity index (χ3v) is 6.35. The number of nitrogens with two attached hydrogens (primary N) is 1. The predicted molar refractivity (Wildman–Crippen MR) is 76.2 cm³/mol. The summed E-state index contributed by atoms with van der Waals surface area (Å²) in [6.07, 6.45) is 0. The van der Waals surface area contributed by atoms with Crippen LogP contribution in [0.2, 0.25) is 0 Å². The highest BCUT2D eigenvalue weighted by atomic mass is 32.2. The number of rotatable bonds is 3. The Hall–Kier alpha value is -1.10. The maximum Gasteiger partial charge on any atom is 0.353 e. The molecular weight excluding hydrogens is 320 g/mol. The quantitative estimate of drug-likeness (QED) is 0.770. The highest BCUT2D eigenvalue weighted by molar-refractivity contribution is 8.07. The molecule has 1 amide bonds. The molecule has 1 aromatic heterocycles. The lowest BCUT2D eigenvalue weighted by molar-refractivity contribution is -0.147. The molecule has 0 bridgehead atoms. The highest BCUT2D eigenvalue weighted by Crippen LogP contribution is 2.44. The van der Waals surface area contributed by atoms with E-state index in [9.17, 15) is 14.7 Å². The molecule has 2 aliphatic rings. The molecule has 20 heavy (non-hydrogen) atoms. The van der Waals surface area contributed by atoms with Gasteiger partial charge in [0.25, 0.3) is 0 Å². The van der Waals surface area contributed by atoms with Crippen molar-refractivity contribution in [3.63, 3.8) is 0 Å². The number of amides is 1. The third-order valence-electron chi connectivity index (χ3n) is 2.90. The number of thioether (sulfide) groups is 2. The van der Waals surface area contributed by atoms with Crippen molar-refractivity contribution >= 4 is 46.7 Å². The van der Waals surface area contributed by atoms with E-state index >= 15 is 0 Å². The summed E-state index contributed by atoms with van der Waals surface area (Å²) >= 11 is 4.12. The predicted octanol–water partition coefficient (Wildman–Crippen LogP) is 0.477. The first-order valence-electron chi connectivity index (χ1n) is 5.63. The Morgan fingerprint density at radius 2 is 2.30 bits per heavy atom. The number of carbonyl (C=O) groups excluding carboxylic acids is 1. The van der Waals surface area contributed by atoms with Crippen LogP contribution in [0.1, 0.15) is 5.01 Å². The van der Waals surface area contributed by atoms with Gasteiger partial charge in [-0.2, -0.15) is 0 Å². The van der Waals surface area contributed by atoms with Crippen LogP contribution in [0.3, 0.4) is 0 Å². The van der Waals surface area contributed by atoms with Gasteiger partial charge in [0.05, 0.1) is 0 Å².